The summed E-state index contributed by atoms with van der Waals surface area (Å²) in [5, 5.41) is 0. The molecule has 88 valence electrons. The highest BCUT2D eigenvalue weighted by Crippen LogP contribution is 2.22. The van der Waals surface area contributed by atoms with Crippen LogP contribution in [0.3, 0.4) is 0 Å². The van der Waals surface area contributed by atoms with Crippen LogP contribution in [-0.2, 0) is 0 Å². The van der Waals surface area contributed by atoms with Crippen LogP contribution in [0.2, 0.25) is 0 Å². The van der Waals surface area contributed by atoms with Crippen molar-refractivity contribution < 1.29 is 0 Å². The molecule has 0 radical (unpaired) electrons. The van der Waals surface area contributed by atoms with Crippen LogP contribution in [0.5, 0.6) is 0 Å². The van der Waals surface area contributed by atoms with E-state index in [1.807, 2.05) is 31.3 Å². The van der Waals surface area contributed by atoms with Crippen molar-refractivity contribution in [2.24, 2.45) is 0 Å². The zero-order chi connectivity index (χ0) is 11.5. The molecule has 1 saturated heterocycles. The zero-order valence-electron chi connectivity index (χ0n) is 9.73. The average Bonchev–Trinajstić information content (AvgIpc) is 2.29. The number of alkyl halides is 1. The third-order valence-corrected chi connectivity index (χ3v) is 3.46. The fourth-order valence-corrected chi connectivity index (χ4v) is 2.54. The van der Waals surface area contributed by atoms with Gasteiger partial charge in [0, 0.05) is 38.2 Å². The minimum absolute atomic E-state index is 0.582. The molecule has 1 aromatic rings. The van der Waals surface area contributed by atoms with Gasteiger partial charge < -0.3 is 9.80 Å². The van der Waals surface area contributed by atoms with Gasteiger partial charge in [0.15, 0.2) is 0 Å². The third kappa shape index (κ3) is 2.64. The van der Waals surface area contributed by atoms with Gasteiger partial charge in [0.05, 0.1) is 0 Å². The molecule has 0 bridgehead atoms. The van der Waals surface area contributed by atoms with Gasteiger partial charge in [-0.2, -0.15) is 4.98 Å². The number of piperidine rings is 1. The van der Waals surface area contributed by atoms with Crippen molar-refractivity contribution in [1.29, 1.82) is 0 Å². The summed E-state index contributed by atoms with van der Waals surface area (Å²) in [5.41, 5.74) is 0. The number of aromatic nitrogens is 2. The SMILES string of the molecule is CN(C)c1nccc(N2CCCC(Br)C2)n1. The molecule has 0 spiro atoms. The average molecular weight is 285 g/mol. The van der Waals surface area contributed by atoms with Gasteiger partial charge in [-0.1, -0.05) is 15.9 Å². The van der Waals surface area contributed by atoms with Crippen molar-refractivity contribution in [1.82, 2.24) is 9.97 Å². The second kappa shape index (κ2) is 4.99. The summed E-state index contributed by atoms with van der Waals surface area (Å²) in [6.45, 7) is 2.12. The predicted molar refractivity (Wildman–Crippen MR) is 70.5 cm³/mol. The smallest absolute Gasteiger partial charge is 0.226 e. The highest BCUT2D eigenvalue weighted by atomic mass is 79.9. The van der Waals surface area contributed by atoms with E-state index in [0.717, 1.165) is 24.9 Å². The minimum atomic E-state index is 0.582. The normalized spacial score (nSPS) is 20.9. The lowest BCUT2D eigenvalue weighted by Crippen LogP contribution is -2.36. The van der Waals surface area contributed by atoms with Crippen molar-refractivity contribution in [3.63, 3.8) is 0 Å². The Morgan fingerprint density at radius 1 is 1.50 bits per heavy atom. The Morgan fingerprint density at radius 3 is 3.00 bits per heavy atom. The lowest BCUT2D eigenvalue weighted by atomic mass is 10.1. The van der Waals surface area contributed by atoms with E-state index in [4.69, 9.17) is 0 Å². The molecule has 0 saturated carbocycles. The molecule has 2 rings (SSSR count). The minimum Gasteiger partial charge on any atom is -0.355 e. The molecule has 0 aliphatic carbocycles. The molecule has 1 aliphatic heterocycles. The number of hydrogen-bond acceptors (Lipinski definition) is 4. The fourth-order valence-electron chi connectivity index (χ4n) is 1.86. The van der Waals surface area contributed by atoms with Gasteiger partial charge >= 0.3 is 0 Å². The topological polar surface area (TPSA) is 32.3 Å². The molecule has 5 heteroatoms. The molecular formula is C11H17BrN4. The lowest BCUT2D eigenvalue weighted by molar-refractivity contribution is 0.590. The third-order valence-electron chi connectivity index (χ3n) is 2.72. The predicted octanol–water partition coefficient (Wildman–Crippen LogP) is 1.91. The van der Waals surface area contributed by atoms with Crippen molar-refractivity contribution in [3.8, 4) is 0 Å². The first kappa shape index (κ1) is 11.6. The molecule has 4 nitrogen and oxygen atoms in total. The van der Waals surface area contributed by atoms with Gasteiger partial charge in [0.25, 0.3) is 0 Å². The second-order valence-electron chi connectivity index (χ2n) is 4.29. The van der Waals surface area contributed by atoms with E-state index in [2.05, 4.69) is 30.8 Å². The first-order valence-electron chi connectivity index (χ1n) is 5.56. The van der Waals surface area contributed by atoms with E-state index < -0.39 is 0 Å². The zero-order valence-corrected chi connectivity index (χ0v) is 11.3. The molecule has 1 aromatic heterocycles. The molecule has 2 heterocycles. The van der Waals surface area contributed by atoms with E-state index in [1.54, 1.807) is 0 Å². The summed E-state index contributed by atoms with van der Waals surface area (Å²) in [6, 6.07) is 1.98. The van der Waals surface area contributed by atoms with Gasteiger partial charge in [0.2, 0.25) is 5.95 Å². The van der Waals surface area contributed by atoms with Crippen LogP contribution in [0.15, 0.2) is 12.3 Å². The maximum absolute atomic E-state index is 4.55. The molecule has 16 heavy (non-hydrogen) atoms. The van der Waals surface area contributed by atoms with E-state index >= 15 is 0 Å². The number of hydrogen-bond donors (Lipinski definition) is 0. The Hall–Kier alpha value is -0.840. The summed E-state index contributed by atoms with van der Waals surface area (Å²) in [4.78, 5) is 13.6. The molecular weight excluding hydrogens is 268 g/mol. The van der Waals surface area contributed by atoms with Crippen molar-refractivity contribution in [2.45, 2.75) is 17.7 Å². The largest absolute Gasteiger partial charge is 0.355 e. The Morgan fingerprint density at radius 2 is 2.31 bits per heavy atom. The monoisotopic (exact) mass is 284 g/mol. The summed E-state index contributed by atoms with van der Waals surface area (Å²) in [5.74, 6) is 1.80. The highest BCUT2D eigenvalue weighted by molar-refractivity contribution is 9.09. The van der Waals surface area contributed by atoms with E-state index in [9.17, 15) is 0 Å². The van der Waals surface area contributed by atoms with Gasteiger partial charge in [-0.25, -0.2) is 4.98 Å². The first-order valence-corrected chi connectivity index (χ1v) is 6.48. The van der Waals surface area contributed by atoms with Crippen LogP contribution in [-0.4, -0.2) is 42.0 Å². The number of rotatable bonds is 2. The summed E-state index contributed by atoms with van der Waals surface area (Å²) >= 11 is 3.68. The van der Waals surface area contributed by atoms with E-state index in [-0.39, 0.29) is 0 Å². The standard InChI is InChI=1S/C11H17BrN4/c1-15(2)11-13-6-5-10(14-11)16-7-3-4-9(12)8-16/h5-6,9H,3-4,7-8H2,1-2H3. The van der Waals surface area contributed by atoms with E-state index in [1.165, 1.54) is 12.8 Å². The Kier molecular flexibility index (Phi) is 3.63. The molecule has 0 N–H and O–H groups in total. The van der Waals surface area contributed by atoms with Crippen molar-refractivity contribution in [2.75, 3.05) is 37.0 Å². The molecule has 1 fully saturated rings. The van der Waals surface area contributed by atoms with Gasteiger partial charge in [-0.3, -0.25) is 0 Å². The van der Waals surface area contributed by atoms with Crippen LogP contribution < -0.4 is 9.80 Å². The van der Waals surface area contributed by atoms with Crippen LogP contribution >= 0.6 is 15.9 Å². The number of halogens is 1. The first-order chi connectivity index (χ1) is 7.66. The highest BCUT2D eigenvalue weighted by Gasteiger charge is 2.19. The van der Waals surface area contributed by atoms with Crippen LogP contribution in [0.1, 0.15) is 12.8 Å². The quantitative estimate of drug-likeness (QED) is 0.777. The van der Waals surface area contributed by atoms with Crippen LogP contribution in [0.4, 0.5) is 11.8 Å². The van der Waals surface area contributed by atoms with Gasteiger partial charge in [-0.05, 0) is 18.9 Å². The van der Waals surface area contributed by atoms with E-state index in [0.29, 0.717) is 4.83 Å². The fraction of sp³-hybridized carbons (Fsp3) is 0.636. The molecule has 1 atom stereocenters. The molecule has 0 aromatic carbocycles. The molecule has 0 amide bonds. The summed E-state index contributed by atoms with van der Waals surface area (Å²) in [7, 11) is 3.92. The van der Waals surface area contributed by atoms with Crippen LogP contribution in [0.25, 0.3) is 0 Å². The summed E-state index contributed by atoms with van der Waals surface area (Å²) < 4.78 is 0. The van der Waals surface area contributed by atoms with Gasteiger partial charge in [-0.15, -0.1) is 0 Å². The van der Waals surface area contributed by atoms with Gasteiger partial charge in [0.1, 0.15) is 5.82 Å². The Balaban J connectivity index is 2.16. The Labute approximate surface area is 105 Å². The maximum Gasteiger partial charge on any atom is 0.226 e. The molecule has 1 unspecified atom stereocenters. The number of nitrogens with zero attached hydrogens (tertiary/aromatic N) is 4. The van der Waals surface area contributed by atoms with Crippen molar-refractivity contribution in [3.05, 3.63) is 12.3 Å². The summed E-state index contributed by atoms with van der Waals surface area (Å²) in [6.07, 6.45) is 4.30. The maximum atomic E-state index is 4.55. The second-order valence-corrected chi connectivity index (χ2v) is 5.59. The van der Waals surface area contributed by atoms with Crippen molar-refractivity contribution >= 4 is 27.7 Å². The Bertz CT molecular complexity index is 356. The lowest BCUT2D eigenvalue weighted by Gasteiger charge is -2.31. The number of anilines is 2. The van der Waals surface area contributed by atoms with Crippen LogP contribution in [0, 0.1) is 0 Å². The molecule has 1 aliphatic rings.